The lowest BCUT2D eigenvalue weighted by Crippen LogP contribution is -2.74. The number of aromatic nitrogens is 3. The van der Waals surface area contributed by atoms with Gasteiger partial charge >= 0.3 is 0 Å². The first-order valence-electron chi connectivity index (χ1n) is 28.8. The number of hydrogen-bond donors (Lipinski definition) is 0. The van der Waals surface area contributed by atoms with E-state index in [0.29, 0.717) is 0 Å². The first kappa shape index (κ1) is 48.6. The van der Waals surface area contributed by atoms with Crippen LogP contribution in [-0.2, 0) is 0 Å². The topological polar surface area (TPSA) is 14.8 Å². The monoisotopic (exact) mass is 1090 g/mol. The second-order valence-electron chi connectivity index (χ2n) is 21.9. The van der Waals surface area contributed by atoms with E-state index in [9.17, 15) is 0 Å². The van der Waals surface area contributed by atoms with Crippen LogP contribution in [0.3, 0.4) is 0 Å². The molecule has 0 spiro atoms. The first-order chi connectivity index (χ1) is 41.2. The summed E-state index contributed by atoms with van der Waals surface area (Å²) in [4.78, 5) is 0. The van der Waals surface area contributed by atoms with Gasteiger partial charge in [-0.3, -0.25) is 0 Å². The molecule has 0 saturated heterocycles. The highest BCUT2D eigenvalue weighted by Crippen LogP contribution is 2.38. The second kappa shape index (κ2) is 19.7. The van der Waals surface area contributed by atoms with Gasteiger partial charge < -0.3 is 13.7 Å². The summed E-state index contributed by atoms with van der Waals surface area (Å²) in [5.74, 6) is 0. The minimum Gasteiger partial charge on any atom is -0.309 e. The minimum atomic E-state index is -3.14. The number of para-hydroxylation sites is 4. The van der Waals surface area contributed by atoms with Crippen molar-refractivity contribution in [2.75, 3.05) is 0 Å². The molecule has 0 unspecified atom stereocenters. The van der Waals surface area contributed by atoms with E-state index in [1.54, 1.807) is 0 Å². The van der Waals surface area contributed by atoms with Crippen LogP contribution in [0.1, 0.15) is 0 Å². The highest BCUT2D eigenvalue weighted by molar-refractivity contribution is 7.21. The van der Waals surface area contributed by atoms with Crippen molar-refractivity contribution < 1.29 is 0 Å². The molecule has 5 heteroatoms. The summed E-state index contributed by atoms with van der Waals surface area (Å²) in [7, 11) is -6.23. The van der Waals surface area contributed by atoms with E-state index in [1.165, 1.54) is 101 Å². The lowest BCUT2D eigenvalue weighted by Gasteiger charge is -2.35. The van der Waals surface area contributed by atoms with Crippen molar-refractivity contribution in [3.8, 4) is 17.1 Å². The minimum absolute atomic E-state index is 1.13. The molecule has 0 radical (unpaired) electrons. The normalized spacial score (nSPS) is 12.1. The third-order valence-electron chi connectivity index (χ3n) is 17.7. The maximum Gasteiger partial charge on any atom is 0.180 e. The number of hydrogen-bond acceptors (Lipinski definition) is 0. The van der Waals surface area contributed by atoms with Gasteiger partial charge in [-0.05, 0) is 114 Å². The zero-order chi connectivity index (χ0) is 54.9. The summed E-state index contributed by atoms with van der Waals surface area (Å²) >= 11 is 0. The highest BCUT2D eigenvalue weighted by atomic mass is 28.3. The summed E-state index contributed by atoms with van der Waals surface area (Å²) in [5, 5.41) is 18.2. The zero-order valence-electron chi connectivity index (χ0n) is 45.6. The van der Waals surface area contributed by atoms with E-state index in [-0.39, 0.29) is 0 Å². The van der Waals surface area contributed by atoms with E-state index in [4.69, 9.17) is 0 Å². The molecule has 390 valence electrons. The van der Waals surface area contributed by atoms with Crippen molar-refractivity contribution >= 4 is 123 Å². The Morgan fingerprint density at radius 2 is 0.518 bits per heavy atom. The molecule has 16 rings (SSSR count). The van der Waals surface area contributed by atoms with Crippen LogP contribution in [-0.4, -0.2) is 29.8 Å². The van der Waals surface area contributed by atoms with E-state index >= 15 is 0 Å². The fraction of sp³-hybridized carbons (Fsp3) is 0. The average molecular weight is 1090 g/mol. The molecular formula is C78H55N3Si2. The Balaban J connectivity index is 1.02. The van der Waals surface area contributed by atoms with E-state index < -0.39 is 16.1 Å². The molecule has 0 bridgehead atoms. The molecule has 83 heavy (non-hydrogen) atoms. The zero-order valence-corrected chi connectivity index (χ0v) is 47.6. The lowest BCUT2D eigenvalue weighted by molar-refractivity contribution is 1.17. The van der Waals surface area contributed by atoms with Crippen LogP contribution in [0.2, 0.25) is 0 Å². The van der Waals surface area contributed by atoms with Crippen molar-refractivity contribution in [1.82, 2.24) is 13.7 Å². The van der Waals surface area contributed by atoms with E-state index in [0.717, 1.165) is 22.6 Å². The highest BCUT2D eigenvalue weighted by Gasteiger charge is 2.44. The van der Waals surface area contributed by atoms with Crippen molar-refractivity contribution in [2.45, 2.75) is 0 Å². The Morgan fingerprint density at radius 3 is 1.05 bits per heavy atom. The fourth-order valence-corrected chi connectivity index (χ4v) is 24.1. The molecule has 3 heterocycles. The average Bonchev–Trinajstić information content (AvgIpc) is 2.48. The maximum atomic E-state index is 2.58. The molecule has 16 aromatic rings. The maximum absolute atomic E-state index is 3.14. The van der Waals surface area contributed by atoms with Crippen LogP contribution in [0.4, 0.5) is 0 Å². The van der Waals surface area contributed by atoms with Crippen LogP contribution in [0.25, 0.3) is 82.5 Å². The SMILES string of the molecule is c1ccc(-n2c3ccccc3c3cc([Si](c4ccccc4)(c4ccccc4)c4cccc(-n5c6ccc(-n7c8ccccc8c8ccccc87)cc6c6c([Si](c7ccccc7)(c7ccccc7)c7ccccc7)cccc65)c4)ccc32)cc1. The van der Waals surface area contributed by atoms with Crippen molar-refractivity contribution in [3.05, 3.63) is 334 Å². The van der Waals surface area contributed by atoms with Crippen LogP contribution >= 0.6 is 0 Å². The van der Waals surface area contributed by atoms with Crippen molar-refractivity contribution in [2.24, 2.45) is 0 Å². The molecular weight excluding hydrogens is 1040 g/mol. The molecule has 13 aromatic carbocycles. The number of fused-ring (bicyclic) bond motifs is 9. The Labute approximate surface area is 484 Å². The van der Waals surface area contributed by atoms with Gasteiger partial charge in [0.2, 0.25) is 0 Å². The Kier molecular flexibility index (Phi) is 11.6. The molecule has 3 aromatic heterocycles. The van der Waals surface area contributed by atoms with Gasteiger partial charge in [0.05, 0.1) is 33.1 Å². The molecule has 3 nitrogen and oxygen atoms in total. The summed E-state index contributed by atoms with van der Waals surface area (Å²) in [6.07, 6.45) is 0. The molecule has 0 atom stereocenters. The van der Waals surface area contributed by atoms with E-state index in [2.05, 4.69) is 347 Å². The van der Waals surface area contributed by atoms with Crippen LogP contribution < -0.4 is 41.5 Å². The predicted octanol–water partition coefficient (Wildman–Crippen LogP) is 13.7. The van der Waals surface area contributed by atoms with Gasteiger partial charge in [-0.2, -0.15) is 0 Å². The summed E-state index contributed by atoms with van der Waals surface area (Å²) in [6.45, 7) is 0. The number of benzene rings is 13. The third kappa shape index (κ3) is 7.42. The smallest absolute Gasteiger partial charge is 0.180 e. The quantitative estimate of drug-likeness (QED) is 0.0906. The number of nitrogens with zero attached hydrogens (tertiary/aromatic N) is 3. The van der Waals surface area contributed by atoms with Gasteiger partial charge in [0.25, 0.3) is 0 Å². The summed E-state index contributed by atoms with van der Waals surface area (Å²) in [6, 6.07) is 126. The Morgan fingerprint density at radius 1 is 0.181 bits per heavy atom. The first-order valence-corrected chi connectivity index (χ1v) is 32.8. The standard InChI is InChI=1S/C78H55N3Si2/c1-7-27-56(28-8-1)79-73-46-24-21-43-68(73)69-55-65(50-52-74(69)79)82(59-30-9-2-10-31-59,60-32-11-3-12-33-60)64-40-25-29-57(53-64)81-75-51-49-58(80-71-44-22-19-41-66(71)67-42-20-23-45-72(67)80)54-70(75)78-76(81)47-26-48-77(78)83(61-34-13-4-14-35-61,62-36-15-5-16-37-62)63-38-17-6-18-39-63/h1-55H. The van der Waals surface area contributed by atoms with Gasteiger partial charge in [0.15, 0.2) is 16.1 Å². The largest absolute Gasteiger partial charge is 0.309 e. The molecule has 0 amide bonds. The Hall–Kier alpha value is -10.3. The third-order valence-corrected chi connectivity index (χ3v) is 27.3. The van der Waals surface area contributed by atoms with E-state index in [1.807, 2.05) is 0 Å². The molecule has 0 aliphatic heterocycles. The predicted molar refractivity (Wildman–Crippen MR) is 357 cm³/mol. The molecule has 0 fully saturated rings. The summed E-state index contributed by atoms with van der Waals surface area (Å²) in [5.41, 5.74) is 10.5. The van der Waals surface area contributed by atoms with Crippen LogP contribution in [0, 0.1) is 0 Å². The van der Waals surface area contributed by atoms with Crippen molar-refractivity contribution in [3.63, 3.8) is 0 Å². The van der Waals surface area contributed by atoms with Gasteiger partial charge in [-0.1, -0.05) is 261 Å². The lowest BCUT2D eigenvalue weighted by atomic mass is 10.1. The van der Waals surface area contributed by atoms with Gasteiger partial charge in [0.1, 0.15) is 0 Å². The molecule has 0 aliphatic carbocycles. The van der Waals surface area contributed by atoms with Crippen LogP contribution in [0.15, 0.2) is 334 Å². The van der Waals surface area contributed by atoms with Gasteiger partial charge in [-0.25, -0.2) is 0 Å². The van der Waals surface area contributed by atoms with Gasteiger partial charge in [-0.15, -0.1) is 0 Å². The molecule has 0 N–H and O–H groups in total. The summed E-state index contributed by atoms with van der Waals surface area (Å²) < 4.78 is 7.48. The number of rotatable bonds is 11. The fourth-order valence-electron chi connectivity index (χ4n) is 14.3. The van der Waals surface area contributed by atoms with Crippen molar-refractivity contribution in [1.29, 1.82) is 0 Å². The second-order valence-corrected chi connectivity index (χ2v) is 29.5. The molecule has 0 aliphatic rings. The van der Waals surface area contributed by atoms with Crippen LogP contribution in [0.5, 0.6) is 0 Å². The molecule has 0 saturated carbocycles. The Bertz CT molecular complexity index is 4880. The van der Waals surface area contributed by atoms with Gasteiger partial charge in [0, 0.05) is 49.4 Å².